The number of aromatic nitrogens is 2. The molecule has 2 aliphatic rings. The minimum atomic E-state index is -3.98. The average molecular weight is 312 g/mol. The van der Waals surface area contributed by atoms with Crippen molar-refractivity contribution in [3.05, 3.63) is 11.4 Å². The molecule has 8 heteroatoms. The summed E-state index contributed by atoms with van der Waals surface area (Å²) in [4.78, 5) is 12.2. The molecule has 1 aromatic heterocycles. The first-order valence-corrected chi connectivity index (χ1v) is 8.85. The number of sulfonamides is 1. The minimum absolute atomic E-state index is 0.114. The number of carbonyl (C=O) groups is 1. The third-order valence-corrected chi connectivity index (χ3v) is 5.71. The van der Waals surface area contributed by atoms with Crippen LogP contribution in [0.1, 0.15) is 48.8 Å². The van der Waals surface area contributed by atoms with Crippen molar-refractivity contribution in [2.24, 2.45) is 17.0 Å². The maximum Gasteiger partial charge on any atom is 0.273 e. The second kappa shape index (κ2) is 5.10. The van der Waals surface area contributed by atoms with E-state index >= 15 is 0 Å². The summed E-state index contributed by atoms with van der Waals surface area (Å²) in [7, 11) is -3.98. The van der Waals surface area contributed by atoms with E-state index in [0.29, 0.717) is 24.0 Å². The van der Waals surface area contributed by atoms with E-state index in [1.807, 2.05) is 0 Å². The van der Waals surface area contributed by atoms with Crippen LogP contribution in [-0.4, -0.2) is 30.6 Å². The van der Waals surface area contributed by atoms with Crippen molar-refractivity contribution >= 4 is 15.9 Å². The van der Waals surface area contributed by atoms with Crippen LogP contribution in [-0.2, 0) is 16.4 Å². The second-order valence-electron chi connectivity index (χ2n) is 6.03. The van der Waals surface area contributed by atoms with E-state index < -0.39 is 15.9 Å². The normalized spacial score (nSPS) is 28.0. The minimum Gasteiger partial charge on any atom is -0.348 e. The Morgan fingerprint density at radius 1 is 1.43 bits per heavy atom. The predicted molar refractivity (Wildman–Crippen MR) is 76.0 cm³/mol. The number of carbonyl (C=O) groups excluding carboxylic acids is 1. The number of fused-ring (bicyclic) bond motifs is 2. The summed E-state index contributed by atoms with van der Waals surface area (Å²) in [6.45, 7) is 1.78. The number of nitrogens with one attached hydrogen (secondary N) is 2. The van der Waals surface area contributed by atoms with E-state index in [1.165, 1.54) is 6.42 Å². The molecule has 2 bridgehead atoms. The van der Waals surface area contributed by atoms with E-state index in [9.17, 15) is 13.2 Å². The highest BCUT2D eigenvalue weighted by Gasteiger charge is 2.41. The largest absolute Gasteiger partial charge is 0.348 e. The molecule has 3 atom stereocenters. The van der Waals surface area contributed by atoms with Gasteiger partial charge in [-0.3, -0.25) is 9.89 Å². The van der Waals surface area contributed by atoms with Gasteiger partial charge in [0.05, 0.1) is 5.69 Å². The highest BCUT2D eigenvalue weighted by Crippen LogP contribution is 2.44. The predicted octanol–water partition coefficient (Wildman–Crippen LogP) is 0.538. The number of nitrogens with zero attached hydrogens (tertiary/aromatic N) is 1. The summed E-state index contributed by atoms with van der Waals surface area (Å²) in [6, 6.07) is 0.131. The molecule has 116 valence electrons. The third-order valence-electron chi connectivity index (χ3n) is 4.70. The molecule has 2 saturated carbocycles. The van der Waals surface area contributed by atoms with Crippen molar-refractivity contribution < 1.29 is 13.2 Å². The molecule has 0 radical (unpaired) electrons. The zero-order valence-corrected chi connectivity index (χ0v) is 12.7. The summed E-state index contributed by atoms with van der Waals surface area (Å²) < 4.78 is 23.4. The molecule has 0 aromatic carbocycles. The van der Waals surface area contributed by atoms with E-state index in [4.69, 9.17) is 5.14 Å². The third kappa shape index (κ3) is 2.57. The lowest BCUT2D eigenvalue weighted by molar-refractivity contribution is 0.0914. The lowest BCUT2D eigenvalue weighted by atomic mass is 9.95. The lowest BCUT2D eigenvalue weighted by Gasteiger charge is -2.22. The molecule has 2 fully saturated rings. The van der Waals surface area contributed by atoms with E-state index in [-0.39, 0.29) is 16.6 Å². The summed E-state index contributed by atoms with van der Waals surface area (Å²) in [5, 5.41) is 14.6. The van der Waals surface area contributed by atoms with Crippen LogP contribution in [0.4, 0.5) is 0 Å². The number of aryl methyl sites for hydroxylation is 1. The van der Waals surface area contributed by atoms with Crippen LogP contribution in [0, 0.1) is 11.8 Å². The number of hydrogen-bond donors (Lipinski definition) is 3. The Balaban J connectivity index is 1.83. The van der Waals surface area contributed by atoms with E-state index in [2.05, 4.69) is 15.5 Å². The zero-order chi connectivity index (χ0) is 15.2. The van der Waals surface area contributed by atoms with Gasteiger partial charge in [0.1, 0.15) is 4.90 Å². The van der Waals surface area contributed by atoms with E-state index in [0.717, 1.165) is 19.3 Å². The van der Waals surface area contributed by atoms with Crippen LogP contribution in [0.15, 0.2) is 4.90 Å². The van der Waals surface area contributed by atoms with Gasteiger partial charge in [0.2, 0.25) is 10.0 Å². The van der Waals surface area contributed by atoms with Crippen LogP contribution < -0.4 is 10.5 Å². The number of primary sulfonamides is 1. The molecule has 21 heavy (non-hydrogen) atoms. The zero-order valence-electron chi connectivity index (χ0n) is 11.9. The maximum atomic E-state index is 12.4. The van der Waals surface area contributed by atoms with Crippen LogP contribution in [0.5, 0.6) is 0 Å². The Labute approximate surface area is 123 Å². The van der Waals surface area contributed by atoms with E-state index in [1.54, 1.807) is 6.92 Å². The summed E-state index contributed by atoms with van der Waals surface area (Å²) in [5.41, 5.74) is 0.257. The van der Waals surface area contributed by atoms with Gasteiger partial charge in [0.15, 0.2) is 5.69 Å². The van der Waals surface area contributed by atoms with Gasteiger partial charge in [-0.2, -0.15) is 5.10 Å². The molecule has 0 aliphatic heterocycles. The fourth-order valence-corrected chi connectivity index (χ4v) is 4.67. The van der Waals surface area contributed by atoms with Gasteiger partial charge < -0.3 is 5.32 Å². The van der Waals surface area contributed by atoms with Gasteiger partial charge in [0.25, 0.3) is 5.91 Å². The molecule has 4 N–H and O–H groups in total. The van der Waals surface area contributed by atoms with Gasteiger partial charge in [-0.1, -0.05) is 13.3 Å². The average Bonchev–Trinajstić information content (AvgIpc) is 3.11. The number of aromatic amines is 1. The lowest BCUT2D eigenvalue weighted by Crippen LogP contribution is -2.39. The molecular weight excluding hydrogens is 292 g/mol. The Kier molecular flexibility index (Phi) is 3.53. The first kappa shape index (κ1) is 14.5. The topological polar surface area (TPSA) is 118 Å². The van der Waals surface area contributed by atoms with Gasteiger partial charge >= 0.3 is 0 Å². The smallest absolute Gasteiger partial charge is 0.273 e. The van der Waals surface area contributed by atoms with Gasteiger partial charge in [-0.25, -0.2) is 13.6 Å². The Morgan fingerprint density at radius 3 is 2.71 bits per heavy atom. The van der Waals surface area contributed by atoms with Crippen LogP contribution in [0.2, 0.25) is 0 Å². The summed E-state index contributed by atoms with van der Waals surface area (Å²) in [6.07, 6.45) is 4.93. The van der Waals surface area contributed by atoms with Crippen molar-refractivity contribution in [1.82, 2.24) is 15.5 Å². The Bertz CT molecular complexity index is 667. The van der Waals surface area contributed by atoms with Gasteiger partial charge in [-0.05, 0) is 37.5 Å². The number of nitrogens with two attached hydrogens (primary N) is 1. The van der Waals surface area contributed by atoms with Gasteiger partial charge in [-0.15, -0.1) is 0 Å². The Morgan fingerprint density at radius 2 is 2.19 bits per heavy atom. The molecule has 7 nitrogen and oxygen atoms in total. The fraction of sp³-hybridized carbons (Fsp3) is 0.692. The molecule has 3 unspecified atom stereocenters. The molecule has 1 heterocycles. The highest BCUT2D eigenvalue weighted by atomic mass is 32.2. The van der Waals surface area contributed by atoms with Crippen molar-refractivity contribution in [2.45, 2.75) is 50.0 Å². The number of amides is 1. The fourth-order valence-electron chi connectivity index (χ4n) is 3.73. The number of H-pyrrole nitrogens is 1. The second-order valence-corrected chi connectivity index (χ2v) is 7.53. The standard InChI is InChI=1S/C13H20N4O3S/c1-2-9-12(21(14,19)20)11(17-16-9)13(18)15-10-6-7-3-4-8(10)5-7/h7-8,10H,2-6H2,1H3,(H,15,18)(H,16,17)(H2,14,19,20). The Hall–Kier alpha value is -1.41. The molecule has 2 aliphatic carbocycles. The van der Waals surface area contributed by atoms with Crippen LogP contribution in [0.3, 0.4) is 0 Å². The highest BCUT2D eigenvalue weighted by molar-refractivity contribution is 7.89. The molecule has 0 spiro atoms. The van der Waals surface area contributed by atoms with Crippen LogP contribution >= 0.6 is 0 Å². The quantitative estimate of drug-likeness (QED) is 0.751. The van der Waals surface area contributed by atoms with Crippen LogP contribution in [0.25, 0.3) is 0 Å². The molecule has 1 aromatic rings. The molecule has 0 saturated heterocycles. The maximum absolute atomic E-state index is 12.4. The summed E-state index contributed by atoms with van der Waals surface area (Å²) in [5.74, 6) is 0.761. The molecule has 3 rings (SSSR count). The molecular formula is C13H20N4O3S. The van der Waals surface area contributed by atoms with Crippen molar-refractivity contribution in [1.29, 1.82) is 0 Å². The SMILES string of the molecule is CCc1[nH]nc(C(=O)NC2CC3CCC2C3)c1S(N)(=O)=O. The molecule has 1 amide bonds. The summed E-state index contributed by atoms with van der Waals surface area (Å²) >= 11 is 0. The number of hydrogen-bond acceptors (Lipinski definition) is 4. The first-order valence-electron chi connectivity index (χ1n) is 7.31. The van der Waals surface area contributed by atoms with Crippen molar-refractivity contribution in [2.75, 3.05) is 0 Å². The first-order chi connectivity index (χ1) is 9.90. The van der Waals surface area contributed by atoms with Crippen molar-refractivity contribution in [3.8, 4) is 0 Å². The number of rotatable bonds is 4. The monoisotopic (exact) mass is 312 g/mol. The van der Waals surface area contributed by atoms with Crippen molar-refractivity contribution in [3.63, 3.8) is 0 Å². The van der Waals surface area contributed by atoms with Gasteiger partial charge in [0, 0.05) is 6.04 Å².